The van der Waals surface area contributed by atoms with E-state index in [0.29, 0.717) is 19.4 Å². The zero-order valence-corrected chi connectivity index (χ0v) is 12.5. The van der Waals surface area contributed by atoms with Crippen LogP contribution in [0.4, 0.5) is 0 Å². The van der Waals surface area contributed by atoms with E-state index >= 15 is 0 Å². The van der Waals surface area contributed by atoms with E-state index in [4.69, 9.17) is 0 Å². The van der Waals surface area contributed by atoms with E-state index in [-0.39, 0.29) is 17.8 Å². The molecule has 1 fully saturated rings. The Morgan fingerprint density at radius 3 is 2.65 bits per heavy atom. The second-order valence-electron chi connectivity index (χ2n) is 5.59. The van der Waals surface area contributed by atoms with Gasteiger partial charge in [0.15, 0.2) is 0 Å². The molecule has 2 N–H and O–H groups in total. The van der Waals surface area contributed by atoms with Gasteiger partial charge < -0.3 is 5.11 Å². The number of sulfonamides is 1. The van der Waals surface area contributed by atoms with Gasteiger partial charge in [-0.25, -0.2) is 13.1 Å². The van der Waals surface area contributed by atoms with Crippen molar-refractivity contribution in [2.45, 2.75) is 38.2 Å². The van der Waals surface area contributed by atoms with E-state index in [9.17, 15) is 13.5 Å². The molecule has 0 aromatic heterocycles. The lowest BCUT2D eigenvalue weighted by Gasteiger charge is -2.25. The predicted molar refractivity (Wildman–Crippen MR) is 79.9 cm³/mol. The van der Waals surface area contributed by atoms with Crippen molar-refractivity contribution < 1.29 is 13.5 Å². The van der Waals surface area contributed by atoms with Crippen LogP contribution in [0.2, 0.25) is 0 Å². The van der Waals surface area contributed by atoms with Gasteiger partial charge in [0.2, 0.25) is 10.0 Å². The summed E-state index contributed by atoms with van der Waals surface area (Å²) in [5.74, 6) is 0.386. The Morgan fingerprint density at radius 1 is 1.20 bits per heavy atom. The van der Waals surface area contributed by atoms with Crippen LogP contribution in [0.5, 0.6) is 0 Å². The molecule has 0 saturated heterocycles. The van der Waals surface area contributed by atoms with Crippen LogP contribution in [0.3, 0.4) is 0 Å². The summed E-state index contributed by atoms with van der Waals surface area (Å²) in [6.45, 7) is 0.453. The molecule has 0 amide bonds. The molecule has 112 valence electrons. The maximum atomic E-state index is 12.0. The Hall–Kier alpha value is -0.910. The van der Waals surface area contributed by atoms with Gasteiger partial charge in [0, 0.05) is 6.54 Å². The lowest BCUT2D eigenvalue weighted by molar-refractivity contribution is 0.102. The summed E-state index contributed by atoms with van der Waals surface area (Å²) in [6.07, 6.45) is 3.81. The molecule has 0 heterocycles. The SMILES string of the molecule is O=S(=O)(CCc1ccccc1)NCC1CCCC(O)C1. The molecule has 4 nitrogen and oxygen atoms in total. The summed E-state index contributed by atoms with van der Waals surface area (Å²) in [6, 6.07) is 9.63. The average molecular weight is 297 g/mol. The Kier molecular flexibility index (Phi) is 5.57. The van der Waals surface area contributed by atoms with Gasteiger partial charge in [0.1, 0.15) is 0 Å². The van der Waals surface area contributed by atoms with Crippen LogP contribution in [0.25, 0.3) is 0 Å². The molecule has 20 heavy (non-hydrogen) atoms. The maximum Gasteiger partial charge on any atom is 0.211 e. The van der Waals surface area contributed by atoms with Crippen molar-refractivity contribution in [2.75, 3.05) is 12.3 Å². The van der Waals surface area contributed by atoms with E-state index in [1.807, 2.05) is 30.3 Å². The van der Waals surface area contributed by atoms with Gasteiger partial charge in [0.05, 0.1) is 11.9 Å². The fraction of sp³-hybridized carbons (Fsp3) is 0.600. The second-order valence-corrected chi connectivity index (χ2v) is 7.52. The molecule has 0 bridgehead atoms. The monoisotopic (exact) mass is 297 g/mol. The van der Waals surface area contributed by atoms with Crippen LogP contribution >= 0.6 is 0 Å². The number of aliphatic hydroxyl groups excluding tert-OH is 1. The molecule has 2 rings (SSSR count). The van der Waals surface area contributed by atoms with Crippen LogP contribution in [0.15, 0.2) is 30.3 Å². The minimum Gasteiger partial charge on any atom is -0.393 e. The van der Waals surface area contributed by atoms with Gasteiger partial charge in [-0.1, -0.05) is 36.8 Å². The minimum atomic E-state index is -3.23. The molecule has 2 atom stereocenters. The van der Waals surface area contributed by atoms with Crippen molar-refractivity contribution in [1.29, 1.82) is 0 Å². The van der Waals surface area contributed by atoms with E-state index in [1.165, 1.54) is 0 Å². The highest BCUT2D eigenvalue weighted by molar-refractivity contribution is 7.89. The molecule has 1 aromatic carbocycles. The smallest absolute Gasteiger partial charge is 0.211 e. The fourth-order valence-corrected chi connectivity index (χ4v) is 3.80. The predicted octanol–water partition coefficient (Wildman–Crippen LogP) is 1.70. The third-order valence-electron chi connectivity index (χ3n) is 3.85. The standard InChI is InChI=1S/C15H23NO3S/c17-15-8-4-7-14(11-15)12-16-20(18,19)10-9-13-5-2-1-3-6-13/h1-3,5-6,14-17H,4,7-12H2. The highest BCUT2D eigenvalue weighted by atomic mass is 32.2. The van der Waals surface area contributed by atoms with Crippen LogP contribution < -0.4 is 4.72 Å². The largest absolute Gasteiger partial charge is 0.393 e. The van der Waals surface area contributed by atoms with Crippen molar-refractivity contribution in [3.05, 3.63) is 35.9 Å². The number of rotatable bonds is 6. The van der Waals surface area contributed by atoms with E-state index in [1.54, 1.807) is 0 Å². The molecule has 1 saturated carbocycles. The Labute approximate surface area is 121 Å². The molecule has 1 aliphatic rings. The molecule has 1 aromatic rings. The first-order valence-electron chi connectivity index (χ1n) is 7.24. The van der Waals surface area contributed by atoms with E-state index in [0.717, 1.165) is 24.8 Å². The highest BCUT2D eigenvalue weighted by Gasteiger charge is 2.21. The highest BCUT2D eigenvalue weighted by Crippen LogP contribution is 2.23. The summed E-state index contributed by atoms with van der Waals surface area (Å²) >= 11 is 0. The van der Waals surface area contributed by atoms with Crippen molar-refractivity contribution in [2.24, 2.45) is 5.92 Å². The summed E-state index contributed by atoms with van der Waals surface area (Å²) < 4.78 is 26.6. The number of nitrogens with one attached hydrogen (secondary N) is 1. The van der Waals surface area contributed by atoms with E-state index < -0.39 is 10.0 Å². The quantitative estimate of drug-likeness (QED) is 0.840. The number of hydrogen-bond acceptors (Lipinski definition) is 3. The first-order chi connectivity index (χ1) is 9.55. The maximum absolute atomic E-state index is 12.0. The van der Waals surface area contributed by atoms with Crippen molar-refractivity contribution in [1.82, 2.24) is 4.72 Å². The molecular weight excluding hydrogens is 274 g/mol. The number of aliphatic hydroxyl groups is 1. The van der Waals surface area contributed by atoms with E-state index in [2.05, 4.69) is 4.72 Å². The molecule has 2 unspecified atom stereocenters. The zero-order valence-electron chi connectivity index (χ0n) is 11.7. The van der Waals surface area contributed by atoms with Crippen molar-refractivity contribution in [3.8, 4) is 0 Å². The molecule has 0 aliphatic heterocycles. The van der Waals surface area contributed by atoms with Crippen LogP contribution in [0, 0.1) is 5.92 Å². The Balaban J connectivity index is 1.76. The Bertz CT molecular complexity index is 501. The van der Waals surface area contributed by atoms with Crippen molar-refractivity contribution >= 4 is 10.0 Å². The summed E-state index contributed by atoms with van der Waals surface area (Å²) in [5, 5.41) is 9.58. The zero-order chi connectivity index (χ0) is 14.4. The van der Waals surface area contributed by atoms with Gasteiger partial charge >= 0.3 is 0 Å². The van der Waals surface area contributed by atoms with Crippen LogP contribution in [0.1, 0.15) is 31.2 Å². The molecule has 0 radical (unpaired) electrons. The summed E-state index contributed by atoms with van der Waals surface area (Å²) in [4.78, 5) is 0. The second kappa shape index (κ2) is 7.20. The molecule has 1 aliphatic carbocycles. The number of hydrogen-bond donors (Lipinski definition) is 2. The Morgan fingerprint density at radius 2 is 1.95 bits per heavy atom. The topological polar surface area (TPSA) is 66.4 Å². The molecule has 5 heteroatoms. The van der Waals surface area contributed by atoms with Crippen LogP contribution in [-0.2, 0) is 16.4 Å². The third kappa shape index (κ3) is 5.23. The van der Waals surface area contributed by atoms with Crippen molar-refractivity contribution in [3.63, 3.8) is 0 Å². The normalized spacial score (nSPS) is 23.6. The van der Waals surface area contributed by atoms with Gasteiger partial charge in [-0.3, -0.25) is 0 Å². The lowest BCUT2D eigenvalue weighted by Crippen LogP contribution is -2.34. The molecular formula is C15H23NO3S. The fourth-order valence-electron chi connectivity index (χ4n) is 2.66. The first kappa shape index (κ1) is 15.5. The van der Waals surface area contributed by atoms with Crippen LogP contribution in [-0.4, -0.2) is 31.9 Å². The minimum absolute atomic E-state index is 0.117. The average Bonchev–Trinajstić information content (AvgIpc) is 2.45. The number of aryl methyl sites for hydroxylation is 1. The van der Waals surface area contributed by atoms with Gasteiger partial charge in [0.25, 0.3) is 0 Å². The lowest BCUT2D eigenvalue weighted by atomic mass is 9.87. The third-order valence-corrected chi connectivity index (χ3v) is 5.20. The summed E-state index contributed by atoms with van der Waals surface area (Å²) in [5.41, 5.74) is 1.03. The number of benzene rings is 1. The van der Waals surface area contributed by atoms with Gasteiger partial charge in [-0.2, -0.15) is 0 Å². The first-order valence-corrected chi connectivity index (χ1v) is 8.90. The summed E-state index contributed by atoms with van der Waals surface area (Å²) in [7, 11) is -3.23. The van der Waals surface area contributed by atoms with Gasteiger partial charge in [-0.15, -0.1) is 0 Å². The van der Waals surface area contributed by atoms with Gasteiger partial charge in [-0.05, 0) is 37.2 Å². The molecule has 0 spiro atoms.